The Labute approximate surface area is 102 Å². The third-order valence-electron chi connectivity index (χ3n) is 2.21. The maximum atomic E-state index is 10.7. The summed E-state index contributed by atoms with van der Waals surface area (Å²) < 4.78 is 1.73. The lowest BCUT2D eigenvalue weighted by atomic mass is 10.3. The van der Waals surface area contributed by atoms with E-state index in [4.69, 9.17) is 5.11 Å². The summed E-state index contributed by atoms with van der Waals surface area (Å²) in [7, 11) is 3.73. The van der Waals surface area contributed by atoms with Crippen LogP contribution in [0.5, 0.6) is 0 Å². The zero-order chi connectivity index (χ0) is 12.4. The van der Waals surface area contributed by atoms with Crippen LogP contribution < -0.4 is 4.90 Å². The Hall–Kier alpha value is -1.89. The molecule has 1 N–H and O–H groups in total. The average molecular weight is 252 g/mol. The summed E-state index contributed by atoms with van der Waals surface area (Å²) in [6, 6.07) is 0. The van der Waals surface area contributed by atoms with Gasteiger partial charge in [0.15, 0.2) is 5.13 Å². The highest BCUT2D eigenvalue weighted by molar-refractivity contribution is 7.17. The van der Waals surface area contributed by atoms with E-state index in [9.17, 15) is 4.79 Å². The minimum atomic E-state index is -0.941. The summed E-state index contributed by atoms with van der Waals surface area (Å²) in [6.07, 6.45) is 5.08. The number of rotatable bonds is 4. The molecular formula is C10H12N4O2S. The van der Waals surface area contributed by atoms with Gasteiger partial charge in [0.05, 0.1) is 12.4 Å². The molecule has 2 aromatic rings. The molecule has 17 heavy (non-hydrogen) atoms. The lowest BCUT2D eigenvalue weighted by molar-refractivity contribution is 0.0702. The first-order valence-corrected chi connectivity index (χ1v) is 5.75. The van der Waals surface area contributed by atoms with Crippen LogP contribution in [0.15, 0.2) is 18.6 Å². The lowest BCUT2D eigenvalue weighted by Gasteiger charge is -2.13. The predicted octanol–water partition coefficient (Wildman–Crippen LogP) is 1.21. The molecule has 0 saturated carbocycles. The molecule has 0 saturated heterocycles. The maximum absolute atomic E-state index is 10.7. The van der Waals surface area contributed by atoms with Crippen LogP contribution in [0, 0.1) is 0 Å². The molecular weight excluding hydrogens is 240 g/mol. The van der Waals surface area contributed by atoms with Crippen molar-refractivity contribution in [2.45, 2.75) is 6.54 Å². The number of carboxylic acid groups (broad SMARTS) is 1. The molecule has 0 fully saturated rings. The number of carbonyl (C=O) groups is 1. The molecule has 2 aromatic heterocycles. The standard InChI is InChI=1S/C10H12N4O2S/c1-13(5-7-3-12-14(2)6-7)10-11-4-8(17-10)9(15)16/h3-4,6H,5H2,1-2H3,(H,15,16). The number of aromatic carboxylic acids is 1. The minimum absolute atomic E-state index is 0.248. The van der Waals surface area contributed by atoms with Crippen molar-refractivity contribution in [2.75, 3.05) is 11.9 Å². The van der Waals surface area contributed by atoms with E-state index < -0.39 is 5.97 Å². The molecule has 0 aliphatic heterocycles. The second kappa shape index (κ2) is 4.54. The van der Waals surface area contributed by atoms with Crippen LogP contribution in [0.4, 0.5) is 5.13 Å². The SMILES string of the molecule is CN(Cc1cnn(C)c1)c1ncc(C(=O)O)s1. The van der Waals surface area contributed by atoms with Crippen LogP contribution >= 0.6 is 11.3 Å². The van der Waals surface area contributed by atoms with Gasteiger partial charge < -0.3 is 10.0 Å². The van der Waals surface area contributed by atoms with Crippen molar-refractivity contribution in [1.82, 2.24) is 14.8 Å². The van der Waals surface area contributed by atoms with Crippen LogP contribution in [0.3, 0.4) is 0 Å². The van der Waals surface area contributed by atoms with Crippen molar-refractivity contribution in [2.24, 2.45) is 7.05 Å². The fraction of sp³-hybridized carbons (Fsp3) is 0.300. The van der Waals surface area contributed by atoms with E-state index >= 15 is 0 Å². The van der Waals surface area contributed by atoms with E-state index in [0.29, 0.717) is 11.7 Å². The molecule has 0 aliphatic carbocycles. The molecule has 0 aliphatic rings. The van der Waals surface area contributed by atoms with Gasteiger partial charge in [0.2, 0.25) is 0 Å². The van der Waals surface area contributed by atoms with Gasteiger partial charge in [-0.15, -0.1) is 0 Å². The third kappa shape index (κ3) is 2.62. The maximum Gasteiger partial charge on any atom is 0.347 e. The number of nitrogens with zero attached hydrogens (tertiary/aromatic N) is 4. The predicted molar refractivity (Wildman–Crippen MR) is 64.4 cm³/mol. The first kappa shape index (κ1) is 11.6. The number of anilines is 1. The first-order valence-electron chi connectivity index (χ1n) is 4.94. The monoisotopic (exact) mass is 252 g/mol. The Morgan fingerprint density at radius 3 is 2.88 bits per heavy atom. The summed E-state index contributed by atoms with van der Waals surface area (Å²) in [5, 5.41) is 13.6. The summed E-state index contributed by atoms with van der Waals surface area (Å²) in [4.78, 5) is 17.0. The number of aromatic nitrogens is 3. The highest BCUT2D eigenvalue weighted by atomic mass is 32.1. The van der Waals surface area contributed by atoms with E-state index in [1.807, 2.05) is 25.2 Å². The Kier molecular flexibility index (Phi) is 3.10. The molecule has 0 unspecified atom stereocenters. The molecule has 0 aromatic carbocycles. The molecule has 2 rings (SSSR count). The molecule has 0 bridgehead atoms. The molecule has 2 heterocycles. The van der Waals surface area contributed by atoms with Crippen molar-refractivity contribution in [3.8, 4) is 0 Å². The number of thiazole rings is 1. The van der Waals surface area contributed by atoms with E-state index in [0.717, 1.165) is 16.9 Å². The Balaban J connectivity index is 2.08. The number of hydrogen-bond donors (Lipinski definition) is 1. The fourth-order valence-electron chi connectivity index (χ4n) is 1.44. The van der Waals surface area contributed by atoms with Gasteiger partial charge in [0.1, 0.15) is 4.88 Å². The van der Waals surface area contributed by atoms with Gasteiger partial charge in [-0.25, -0.2) is 9.78 Å². The summed E-state index contributed by atoms with van der Waals surface area (Å²) >= 11 is 1.16. The number of aryl methyl sites for hydroxylation is 1. The zero-order valence-electron chi connectivity index (χ0n) is 9.49. The average Bonchev–Trinajstić information content (AvgIpc) is 2.86. The van der Waals surface area contributed by atoms with Crippen molar-refractivity contribution in [3.05, 3.63) is 29.0 Å². The Morgan fingerprint density at radius 1 is 1.59 bits per heavy atom. The Bertz CT molecular complexity index is 534. The fourth-order valence-corrected chi connectivity index (χ4v) is 2.15. The molecule has 0 atom stereocenters. The second-order valence-corrected chi connectivity index (χ2v) is 4.70. The molecule has 0 amide bonds. The summed E-state index contributed by atoms with van der Waals surface area (Å²) in [5.74, 6) is -0.941. The van der Waals surface area contributed by atoms with Crippen LogP contribution in [0.1, 0.15) is 15.2 Å². The molecule has 6 nitrogen and oxygen atoms in total. The molecule has 0 spiro atoms. The molecule has 90 valence electrons. The number of carboxylic acids is 1. The van der Waals surface area contributed by atoms with E-state index in [-0.39, 0.29) is 4.88 Å². The van der Waals surface area contributed by atoms with E-state index in [2.05, 4.69) is 10.1 Å². The van der Waals surface area contributed by atoms with Gasteiger partial charge in [-0.3, -0.25) is 4.68 Å². The Morgan fingerprint density at radius 2 is 2.35 bits per heavy atom. The zero-order valence-corrected chi connectivity index (χ0v) is 10.3. The first-order chi connectivity index (χ1) is 8.06. The topological polar surface area (TPSA) is 71.2 Å². The van der Waals surface area contributed by atoms with Crippen LogP contribution in [0.2, 0.25) is 0 Å². The van der Waals surface area contributed by atoms with E-state index in [1.54, 1.807) is 10.9 Å². The largest absolute Gasteiger partial charge is 0.477 e. The quantitative estimate of drug-likeness (QED) is 0.885. The van der Waals surface area contributed by atoms with Crippen LogP contribution in [-0.2, 0) is 13.6 Å². The normalized spacial score (nSPS) is 10.5. The highest BCUT2D eigenvalue weighted by Crippen LogP contribution is 2.22. The number of hydrogen-bond acceptors (Lipinski definition) is 5. The van der Waals surface area contributed by atoms with Crippen molar-refractivity contribution >= 4 is 22.4 Å². The van der Waals surface area contributed by atoms with Crippen molar-refractivity contribution in [1.29, 1.82) is 0 Å². The minimum Gasteiger partial charge on any atom is -0.477 e. The summed E-state index contributed by atoms with van der Waals surface area (Å²) in [6.45, 7) is 0.653. The van der Waals surface area contributed by atoms with E-state index in [1.165, 1.54) is 6.20 Å². The summed E-state index contributed by atoms with van der Waals surface area (Å²) in [5.41, 5.74) is 1.06. The van der Waals surface area contributed by atoms with Gasteiger partial charge in [-0.05, 0) is 0 Å². The van der Waals surface area contributed by atoms with Gasteiger partial charge in [0.25, 0.3) is 0 Å². The van der Waals surface area contributed by atoms with Crippen molar-refractivity contribution in [3.63, 3.8) is 0 Å². The van der Waals surface area contributed by atoms with Crippen LogP contribution in [0.25, 0.3) is 0 Å². The molecule has 0 radical (unpaired) electrons. The third-order valence-corrected chi connectivity index (χ3v) is 3.31. The van der Waals surface area contributed by atoms with Gasteiger partial charge in [-0.1, -0.05) is 11.3 Å². The van der Waals surface area contributed by atoms with Gasteiger partial charge in [-0.2, -0.15) is 5.10 Å². The van der Waals surface area contributed by atoms with Crippen LogP contribution in [-0.4, -0.2) is 32.9 Å². The van der Waals surface area contributed by atoms with Crippen molar-refractivity contribution < 1.29 is 9.90 Å². The van der Waals surface area contributed by atoms with Gasteiger partial charge >= 0.3 is 5.97 Å². The van der Waals surface area contributed by atoms with Gasteiger partial charge in [0, 0.05) is 32.4 Å². The lowest BCUT2D eigenvalue weighted by Crippen LogP contribution is -2.15. The molecule has 7 heteroatoms. The second-order valence-electron chi connectivity index (χ2n) is 3.69. The highest BCUT2D eigenvalue weighted by Gasteiger charge is 2.12. The smallest absolute Gasteiger partial charge is 0.347 e.